The lowest BCUT2D eigenvalue weighted by Gasteiger charge is -2.20. The number of piperidine rings is 1. The van der Waals surface area contributed by atoms with Crippen LogP contribution in [0.25, 0.3) is 0 Å². The first-order valence-electron chi connectivity index (χ1n) is 4.81. The maximum absolute atomic E-state index is 8.94. The Hall–Kier alpha value is -0.120. The summed E-state index contributed by atoms with van der Waals surface area (Å²) in [5.41, 5.74) is 5.71. The minimum atomic E-state index is 0.287. The summed E-state index contributed by atoms with van der Waals surface area (Å²) in [5, 5.41) is 8.94. The van der Waals surface area contributed by atoms with Gasteiger partial charge in [-0.15, -0.1) is 0 Å². The highest BCUT2D eigenvalue weighted by Crippen LogP contribution is 2.51. The van der Waals surface area contributed by atoms with E-state index in [0.717, 1.165) is 31.5 Å². The second kappa shape index (κ2) is 2.98. The number of nitrogens with two attached hydrogens (primary N) is 1. The van der Waals surface area contributed by atoms with Crippen LogP contribution in [0.15, 0.2) is 0 Å². The fraction of sp³-hybridized carbons (Fsp3) is 1.00. The molecule has 3 unspecified atom stereocenters. The van der Waals surface area contributed by atoms with Crippen molar-refractivity contribution in [3.05, 3.63) is 0 Å². The van der Waals surface area contributed by atoms with Gasteiger partial charge < -0.3 is 15.7 Å². The van der Waals surface area contributed by atoms with Crippen LogP contribution >= 0.6 is 0 Å². The summed E-state index contributed by atoms with van der Waals surface area (Å²) in [4.78, 5) is 2.42. The van der Waals surface area contributed by atoms with Gasteiger partial charge in [-0.2, -0.15) is 0 Å². The van der Waals surface area contributed by atoms with Crippen LogP contribution in [0.2, 0.25) is 0 Å². The quantitative estimate of drug-likeness (QED) is 0.600. The Kier molecular flexibility index (Phi) is 2.10. The second-order valence-electron chi connectivity index (χ2n) is 4.37. The van der Waals surface area contributed by atoms with Crippen molar-refractivity contribution in [2.24, 2.45) is 23.5 Å². The van der Waals surface area contributed by atoms with Crippen molar-refractivity contribution in [2.75, 3.05) is 26.2 Å². The lowest BCUT2D eigenvalue weighted by Crippen LogP contribution is -2.36. The molecule has 0 aromatic carbocycles. The molecule has 1 heterocycles. The van der Waals surface area contributed by atoms with Crippen LogP contribution in [0, 0.1) is 17.8 Å². The van der Waals surface area contributed by atoms with Gasteiger partial charge in [-0.1, -0.05) is 0 Å². The number of aliphatic hydroxyl groups excluding tert-OH is 1. The summed E-state index contributed by atoms with van der Waals surface area (Å²) < 4.78 is 0. The van der Waals surface area contributed by atoms with E-state index in [1.165, 1.54) is 0 Å². The predicted molar refractivity (Wildman–Crippen MR) is 47.6 cm³/mol. The molecule has 1 saturated heterocycles. The number of rotatable bonds is 3. The van der Waals surface area contributed by atoms with E-state index < -0.39 is 0 Å². The molecular weight excluding hydrogens is 152 g/mol. The van der Waals surface area contributed by atoms with E-state index in [-0.39, 0.29) is 6.04 Å². The first-order chi connectivity index (χ1) is 5.72. The van der Waals surface area contributed by atoms with Crippen LogP contribution < -0.4 is 5.73 Å². The van der Waals surface area contributed by atoms with Gasteiger partial charge in [0.2, 0.25) is 0 Å². The number of fused-ring (bicyclic) bond motifs is 1. The van der Waals surface area contributed by atoms with Gasteiger partial charge in [0.1, 0.15) is 0 Å². The molecule has 3 heteroatoms. The number of likely N-dealkylation sites (tertiary alicyclic amines) is 1. The van der Waals surface area contributed by atoms with Gasteiger partial charge in [0, 0.05) is 32.3 Å². The summed E-state index contributed by atoms with van der Waals surface area (Å²) >= 11 is 0. The number of nitrogens with zero attached hydrogens (tertiary/aromatic N) is 1. The zero-order valence-electron chi connectivity index (χ0n) is 7.61. The fourth-order valence-corrected chi connectivity index (χ4v) is 2.56. The van der Waals surface area contributed by atoms with Crippen LogP contribution in [0.4, 0.5) is 0 Å². The van der Waals surface area contributed by atoms with E-state index in [1.807, 2.05) is 6.92 Å². The fourth-order valence-electron chi connectivity index (χ4n) is 2.56. The average molecular weight is 170 g/mol. The number of hydrogen-bond acceptors (Lipinski definition) is 3. The Labute approximate surface area is 73.5 Å². The standard InChI is InChI=1S/C9H18N2O/c1-6(10)2-11-3-7-8(4-11)9(7)5-12/h6-9,12H,2-5,10H2,1H3. The second-order valence-corrected chi connectivity index (χ2v) is 4.37. The summed E-state index contributed by atoms with van der Waals surface area (Å²) in [7, 11) is 0. The molecule has 0 aromatic rings. The van der Waals surface area contributed by atoms with E-state index in [4.69, 9.17) is 10.8 Å². The Bertz CT molecular complexity index is 160. The lowest BCUT2D eigenvalue weighted by molar-refractivity contribution is 0.217. The Morgan fingerprint density at radius 1 is 1.50 bits per heavy atom. The molecule has 70 valence electrons. The van der Waals surface area contributed by atoms with Crippen molar-refractivity contribution in [3.8, 4) is 0 Å². The first-order valence-corrected chi connectivity index (χ1v) is 4.81. The van der Waals surface area contributed by atoms with Crippen LogP contribution in [0.5, 0.6) is 0 Å². The molecule has 3 nitrogen and oxygen atoms in total. The molecule has 2 aliphatic rings. The van der Waals surface area contributed by atoms with Gasteiger partial charge in [-0.3, -0.25) is 0 Å². The van der Waals surface area contributed by atoms with Gasteiger partial charge in [0.05, 0.1) is 0 Å². The third-order valence-corrected chi connectivity index (χ3v) is 3.20. The maximum Gasteiger partial charge on any atom is 0.0465 e. The van der Waals surface area contributed by atoms with E-state index in [2.05, 4.69) is 4.90 Å². The highest BCUT2D eigenvalue weighted by Gasteiger charge is 2.54. The van der Waals surface area contributed by atoms with Crippen LogP contribution in [-0.2, 0) is 0 Å². The van der Waals surface area contributed by atoms with Gasteiger partial charge in [0.15, 0.2) is 0 Å². The SMILES string of the molecule is CC(N)CN1CC2C(CO)C2C1. The van der Waals surface area contributed by atoms with E-state index >= 15 is 0 Å². The number of hydrogen-bond donors (Lipinski definition) is 2. The molecule has 0 amide bonds. The molecule has 1 saturated carbocycles. The predicted octanol–water partition coefficient (Wildman–Crippen LogP) is -0.496. The van der Waals surface area contributed by atoms with Crippen molar-refractivity contribution in [1.29, 1.82) is 0 Å². The molecule has 1 aliphatic carbocycles. The summed E-state index contributed by atoms with van der Waals surface area (Å²) in [6.45, 7) is 5.79. The monoisotopic (exact) mass is 170 g/mol. The maximum atomic E-state index is 8.94. The molecule has 1 aliphatic heterocycles. The van der Waals surface area contributed by atoms with Gasteiger partial charge in [0.25, 0.3) is 0 Å². The van der Waals surface area contributed by atoms with Gasteiger partial charge >= 0.3 is 0 Å². The summed E-state index contributed by atoms with van der Waals surface area (Å²) in [6, 6.07) is 0.287. The molecule has 3 N–H and O–H groups in total. The molecule has 12 heavy (non-hydrogen) atoms. The molecule has 0 aromatic heterocycles. The molecule has 0 radical (unpaired) electrons. The molecule has 0 spiro atoms. The van der Waals surface area contributed by atoms with E-state index in [0.29, 0.717) is 12.5 Å². The number of aliphatic hydroxyl groups is 1. The van der Waals surface area contributed by atoms with Crippen molar-refractivity contribution < 1.29 is 5.11 Å². The Balaban J connectivity index is 1.75. The average Bonchev–Trinajstić information content (AvgIpc) is 2.45. The van der Waals surface area contributed by atoms with E-state index in [9.17, 15) is 0 Å². The highest BCUT2D eigenvalue weighted by molar-refractivity contribution is 5.04. The normalized spacial score (nSPS) is 42.8. The molecular formula is C9H18N2O. The smallest absolute Gasteiger partial charge is 0.0465 e. The topological polar surface area (TPSA) is 49.5 Å². The van der Waals surface area contributed by atoms with E-state index in [1.54, 1.807) is 0 Å². The summed E-state index contributed by atoms with van der Waals surface area (Å²) in [6.07, 6.45) is 0. The van der Waals surface area contributed by atoms with Crippen LogP contribution in [0.1, 0.15) is 6.92 Å². The zero-order chi connectivity index (χ0) is 8.72. The molecule has 3 atom stereocenters. The van der Waals surface area contributed by atoms with Crippen molar-refractivity contribution in [1.82, 2.24) is 4.90 Å². The third-order valence-electron chi connectivity index (χ3n) is 3.20. The Morgan fingerprint density at radius 3 is 2.50 bits per heavy atom. The highest BCUT2D eigenvalue weighted by atomic mass is 16.3. The summed E-state index contributed by atoms with van der Waals surface area (Å²) in [5.74, 6) is 2.19. The largest absolute Gasteiger partial charge is 0.396 e. The minimum absolute atomic E-state index is 0.287. The van der Waals surface area contributed by atoms with Crippen LogP contribution in [-0.4, -0.2) is 42.3 Å². The zero-order valence-corrected chi connectivity index (χ0v) is 7.61. The van der Waals surface area contributed by atoms with Crippen LogP contribution in [0.3, 0.4) is 0 Å². The first kappa shape index (κ1) is 8.48. The van der Waals surface area contributed by atoms with Gasteiger partial charge in [-0.25, -0.2) is 0 Å². The van der Waals surface area contributed by atoms with Crippen molar-refractivity contribution in [2.45, 2.75) is 13.0 Å². The third kappa shape index (κ3) is 1.37. The molecule has 0 bridgehead atoms. The van der Waals surface area contributed by atoms with Gasteiger partial charge in [-0.05, 0) is 24.7 Å². The minimum Gasteiger partial charge on any atom is -0.396 e. The van der Waals surface area contributed by atoms with Crippen molar-refractivity contribution >= 4 is 0 Å². The Morgan fingerprint density at radius 2 is 2.08 bits per heavy atom. The molecule has 2 fully saturated rings. The molecule has 2 rings (SSSR count). The lowest BCUT2D eigenvalue weighted by atomic mass is 10.2. The van der Waals surface area contributed by atoms with Crippen molar-refractivity contribution in [3.63, 3.8) is 0 Å².